The zero-order valence-corrected chi connectivity index (χ0v) is 13.4. The van der Waals surface area contributed by atoms with Crippen LogP contribution in [0.2, 0.25) is 0 Å². The molecule has 0 aliphatic heterocycles. The zero-order valence-electron chi connectivity index (χ0n) is 11.0. The quantitative estimate of drug-likeness (QED) is 0.819. The molecular formula is C15H17BrFNS. The van der Waals surface area contributed by atoms with Crippen molar-refractivity contribution in [2.75, 3.05) is 6.54 Å². The van der Waals surface area contributed by atoms with Crippen molar-refractivity contribution in [2.24, 2.45) is 0 Å². The molecule has 0 aliphatic rings. The third-order valence-corrected chi connectivity index (χ3v) is 4.78. The van der Waals surface area contributed by atoms with E-state index >= 15 is 0 Å². The zero-order chi connectivity index (χ0) is 13.8. The molecule has 4 heteroatoms. The number of nitrogens with one attached hydrogen (secondary N) is 1. The molecule has 2 aromatic rings. The summed E-state index contributed by atoms with van der Waals surface area (Å²) in [6.07, 6.45) is 0.853. The molecule has 0 fully saturated rings. The van der Waals surface area contributed by atoms with Crippen LogP contribution < -0.4 is 5.32 Å². The lowest BCUT2D eigenvalue weighted by atomic mass is 9.98. The first kappa shape index (κ1) is 14.7. The number of halogens is 2. The van der Waals surface area contributed by atoms with Crippen molar-refractivity contribution in [3.05, 3.63) is 55.9 Å². The lowest BCUT2D eigenvalue weighted by Crippen LogP contribution is -2.23. The van der Waals surface area contributed by atoms with Crippen LogP contribution in [0.25, 0.3) is 0 Å². The van der Waals surface area contributed by atoms with E-state index in [1.165, 1.54) is 23.3 Å². The summed E-state index contributed by atoms with van der Waals surface area (Å²) in [4.78, 5) is 0. The highest BCUT2D eigenvalue weighted by Gasteiger charge is 2.15. The third-order valence-electron chi connectivity index (χ3n) is 3.16. The van der Waals surface area contributed by atoms with E-state index in [0.29, 0.717) is 0 Å². The van der Waals surface area contributed by atoms with Crippen LogP contribution >= 0.6 is 27.3 Å². The second-order valence-electron chi connectivity index (χ2n) is 4.56. The molecule has 1 atom stereocenters. The van der Waals surface area contributed by atoms with E-state index in [9.17, 15) is 4.39 Å². The molecule has 1 N–H and O–H groups in total. The number of aryl methyl sites for hydroxylation is 1. The van der Waals surface area contributed by atoms with Crippen molar-refractivity contribution in [2.45, 2.75) is 26.3 Å². The Kier molecular flexibility index (Phi) is 5.13. The van der Waals surface area contributed by atoms with Crippen molar-refractivity contribution >= 4 is 27.3 Å². The molecule has 1 aromatic heterocycles. The van der Waals surface area contributed by atoms with E-state index in [0.717, 1.165) is 23.0 Å². The van der Waals surface area contributed by atoms with Gasteiger partial charge in [-0.2, -0.15) is 11.3 Å². The van der Waals surface area contributed by atoms with Gasteiger partial charge in [0.15, 0.2) is 0 Å². The van der Waals surface area contributed by atoms with E-state index < -0.39 is 0 Å². The van der Waals surface area contributed by atoms with Crippen molar-refractivity contribution in [1.29, 1.82) is 0 Å². The van der Waals surface area contributed by atoms with Crippen LogP contribution in [0.15, 0.2) is 33.4 Å². The van der Waals surface area contributed by atoms with Gasteiger partial charge < -0.3 is 5.32 Å². The first-order valence-corrected chi connectivity index (χ1v) is 8.05. The highest BCUT2D eigenvalue weighted by atomic mass is 79.9. The van der Waals surface area contributed by atoms with Crippen molar-refractivity contribution < 1.29 is 4.39 Å². The number of rotatable bonds is 5. The Morgan fingerprint density at radius 3 is 2.74 bits per heavy atom. The van der Waals surface area contributed by atoms with Crippen LogP contribution in [0.4, 0.5) is 4.39 Å². The van der Waals surface area contributed by atoms with E-state index in [-0.39, 0.29) is 11.9 Å². The molecule has 0 spiro atoms. The Balaban J connectivity index is 2.24. The first-order valence-electron chi connectivity index (χ1n) is 6.31. The lowest BCUT2D eigenvalue weighted by molar-refractivity contribution is 0.547. The van der Waals surface area contributed by atoms with Gasteiger partial charge in [-0.25, -0.2) is 4.39 Å². The Morgan fingerprint density at radius 1 is 1.37 bits per heavy atom. The third kappa shape index (κ3) is 3.65. The van der Waals surface area contributed by atoms with Gasteiger partial charge >= 0.3 is 0 Å². The van der Waals surface area contributed by atoms with Gasteiger partial charge in [-0.05, 0) is 59.5 Å². The molecule has 0 saturated carbocycles. The average molecular weight is 342 g/mol. The summed E-state index contributed by atoms with van der Waals surface area (Å²) >= 11 is 5.17. The first-order chi connectivity index (χ1) is 9.11. The van der Waals surface area contributed by atoms with Gasteiger partial charge in [-0.15, -0.1) is 0 Å². The summed E-state index contributed by atoms with van der Waals surface area (Å²) in [5.74, 6) is -0.206. The molecule has 0 radical (unpaired) electrons. The van der Waals surface area contributed by atoms with Gasteiger partial charge in [-0.3, -0.25) is 0 Å². The Hall–Kier alpha value is -0.710. The van der Waals surface area contributed by atoms with Gasteiger partial charge in [0.1, 0.15) is 5.82 Å². The molecule has 0 saturated heterocycles. The normalized spacial score (nSPS) is 12.6. The van der Waals surface area contributed by atoms with E-state index in [4.69, 9.17) is 0 Å². The highest BCUT2D eigenvalue weighted by molar-refractivity contribution is 9.10. The van der Waals surface area contributed by atoms with Gasteiger partial charge in [0.05, 0.1) is 0 Å². The molecule has 0 amide bonds. The number of hydrogen-bond acceptors (Lipinski definition) is 2. The highest BCUT2D eigenvalue weighted by Crippen LogP contribution is 2.28. The second-order valence-corrected chi connectivity index (χ2v) is 6.16. The van der Waals surface area contributed by atoms with Crippen molar-refractivity contribution in [1.82, 2.24) is 5.32 Å². The average Bonchev–Trinajstić information content (AvgIpc) is 2.78. The smallest absolute Gasteiger partial charge is 0.124 e. The minimum Gasteiger partial charge on any atom is -0.310 e. The number of thiophene rings is 1. The fourth-order valence-electron chi connectivity index (χ4n) is 2.17. The van der Waals surface area contributed by atoms with Gasteiger partial charge in [0.25, 0.3) is 0 Å². The lowest BCUT2D eigenvalue weighted by Gasteiger charge is -2.19. The predicted molar refractivity (Wildman–Crippen MR) is 83.3 cm³/mol. The topological polar surface area (TPSA) is 12.0 Å². The molecule has 1 heterocycles. The van der Waals surface area contributed by atoms with Crippen LogP contribution in [0.5, 0.6) is 0 Å². The molecule has 1 nitrogen and oxygen atoms in total. The Bertz CT molecular complexity index is 553. The maximum absolute atomic E-state index is 13.1. The van der Waals surface area contributed by atoms with Crippen LogP contribution in [0.3, 0.4) is 0 Å². The standard InChI is InChI=1S/C15H17BrFNS/c1-3-18-15(13-9-19-8-10(13)2)6-11-4-5-12(17)7-14(11)16/h4-5,7-9,15,18H,3,6H2,1-2H3. The summed E-state index contributed by atoms with van der Waals surface area (Å²) in [6.45, 7) is 5.16. The molecule has 102 valence electrons. The summed E-state index contributed by atoms with van der Waals surface area (Å²) in [6, 6.07) is 5.17. The van der Waals surface area contributed by atoms with Crippen molar-refractivity contribution in [3.63, 3.8) is 0 Å². The minimum absolute atomic E-state index is 0.206. The Morgan fingerprint density at radius 2 is 2.16 bits per heavy atom. The fraction of sp³-hybridized carbons (Fsp3) is 0.333. The molecule has 0 bridgehead atoms. The minimum atomic E-state index is -0.206. The molecule has 1 aromatic carbocycles. The number of hydrogen-bond donors (Lipinski definition) is 1. The molecule has 19 heavy (non-hydrogen) atoms. The van der Waals surface area contributed by atoms with Gasteiger partial charge in [-0.1, -0.05) is 28.9 Å². The van der Waals surface area contributed by atoms with E-state index in [1.807, 2.05) is 6.07 Å². The molecule has 2 rings (SSSR count). The molecular weight excluding hydrogens is 325 g/mol. The second kappa shape index (κ2) is 6.64. The summed E-state index contributed by atoms with van der Waals surface area (Å²) in [5, 5.41) is 7.87. The molecule has 0 aliphatic carbocycles. The summed E-state index contributed by atoms with van der Waals surface area (Å²) in [5.41, 5.74) is 3.77. The van der Waals surface area contributed by atoms with Gasteiger partial charge in [0, 0.05) is 10.5 Å². The molecule has 1 unspecified atom stereocenters. The fourth-order valence-corrected chi connectivity index (χ4v) is 3.59. The maximum Gasteiger partial charge on any atom is 0.124 e. The van der Waals surface area contributed by atoms with E-state index in [2.05, 4.69) is 45.9 Å². The van der Waals surface area contributed by atoms with Crippen LogP contribution in [0.1, 0.15) is 29.7 Å². The SMILES string of the molecule is CCNC(Cc1ccc(F)cc1Br)c1cscc1C. The van der Waals surface area contributed by atoms with Crippen LogP contribution in [-0.2, 0) is 6.42 Å². The van der Waals surface area contributed by atoms with Gasteiger partial charge in [0.2, 0.25) is 0 Å². The maximum atomic E-state index is 13.1. The monoisotopic (exact) mass is 341 g/mol. The number of benzene rings is 1. The summed E-state index contributed by atoms with van der Waals surface area (Å²) < 4.78 is 14.0. The Labute approximate surface area is 126 Å². The largest absolute Gasteiger partial charge is 0.310 e. The predicted octanol–water partition coefficient (Wildman–Crippen LogP) is 4.85. The van der Waals surface area contributed by atoms with Crippen molar-refractivity contribution in [3.8, 4) is 0 Å². The summed E-state index contributed by atoms with van der Waals surface area (Å²) in [7, 11) is 0. The van der Waals surface area contributed by atoms with E-state index in [1.54, 1.807) is 11.3 Å². The van der Waals surface area contributed by atoms with Crippen LogP contribution in [0, 0.1) is 12.7 Å². The number of likely N-dealkylation sites (N-methyl/N-ethyl adjacent to an activating group) is 1. The van der Waals surface area contributed by atoms with Crippen LogP contribution in [-0.4, -0.2) is 6.54 Å².